The van der Waals surface area contributed by atoms with Gasteiger partial charge in [-0.05, 0) is 38.5 Å². The molecule has 0 heterocycles. The van der Waals surface area contributed by atoms with Crippen LogP contribution < -0.4 is 15.8 Å². The lowest BCUT2D eigenvalue weighted by atomic mass is 10.0. The van der Waals surface area contributed by atoms with E-state index < -0.39 is 0 Å². The van der Waals surface area contributed by atoms with Crippen molar-refractivity contribution >= 4 is 39.0 Å². The highest BCUT2D eigenvalue weighted by Crippen LogP contribution is 2.23. The van der Waals surface area contributed by atoms with Crippen molar-refractivity contribution in [1.29, 1.82) is 0 Å². The fourth-order valence-corrected chi connectivity index (χ4v) is 1.99. The lowest BCUT2D eigenvalue weighted by molar-refractivity contribution is -0.124. The summed E-state index contributed by atoms with van der Waals surface area (Å²) in [5.41, 5.74) is 6.01. The van der Waals surface area contributed by atoms with Gasteiger partial charge in [0.2, 0.25) is 0 Å². The summed E-state index contributed by atoms with van der Waals surface area (Å²) in [6.45, 7) is 5.87. The molecule has 0 fully saturated rings. The molecule has 20 heavy (non-hydrogen) atoms. The highest BCUT2D eigenvalue weighted by atomic mass is 79.9. The number of halogens is 1. The molecule has 0 aliphatic carbocycles. The molecule has 0 saturated heterocycles. The Morgan fingerprint density at radius 2 is 2.15 bits per heavy atom. The van der Waals surface area contributed by atoms with Gasteiger partial charge in [-0.25, -0.2) is 0 Å². The molecule has 0 atom stereocenters. The molecule has 0 aliphatic rings. The maximum absolute atomic E-state index is 11.8. The number of carbonyl (C=O) groups excluding carboxylic acids is 1. The Bertz CT molecular complexity index is 518. The second-order valence-electron chi connectivity index (χ2n) is 5.08. The Labute approximate surface area is 133 Å². The molecule has 0 spiro atoms. The second-order valence-corrected chi connectivity index (χ2v) is 6.43. The third-order valence-corrected chi connectivity index (χ3v) is 3.64. The molecular weight excluding hydrogens is 340 g/mol. The van der Waals surface area contributed by atoms with Crippen molar-refractivity contribution in [2.45, 2.75) is 32.7 Å². The summed E-state index contributed by atoms with van der Waals surface area (Å²) < 4.78 is 6.36. The maximum atomic E-state index is 11.8. The molecule has 3 N–H and O–H groups in total. The third kappa shape index (κ3) is 5.09. The minimum absolute atomic E-state index is 0.0688. The summed E-state index contributed by atoms with van der Waals surface area (Å²) in [7, 11) is 0. The van der Waals surface area contributed by atoms with Gasteiger partial charge in [0.15, 0.2) is 6.61 Å². The molecule has 1 aromatic rings. The first-order valence-electron chi connectivity index (χ1n) is 6.28. The lowest BCUT2D eigenvalue weighted by Gasteiger charge is -2.24. The number of thiocarbonyl (C=S) groups is 1. The number of nitrogens with two attached hydrogens (primary N) is 1. The molecule has 0 aromatic heterocycles. The van der Waals surface area contributed by atoms with E-state index in [4.69, 9.17) is 22.7 Å². The molecular formula is C14H19BrN2O2S. The summed E-state index contributed by atoms with van der Waals surface area (Å²) in [5.74, 6) is 0.332. The van der Waals surface area contributed by atoms with Gasteiger partial charge in [-0.15, -0.1) is 0 Å². The van der Waals surface area contributed by atoms with Crippen LogP contribution in [0, 0.1) is 0 Å². The van der Waals surface area contributed by atoms with E-state index >= 15 is 0 Å². The summed E-state index contributed by atoms with van der Waals surface area (Å²) >= 11 is 8.32. The highest BCUT2D eigenvalue weighted by molar-refractivity contribution is 9.10. The van der Waals surface area contributed by atoms with Crippen LogP contribution in [0.2, 0.25) is 0 Å². The minimum atomic E-state index is -0.244. The first kappa shape index (κ1) is 16.9. The van der Waals surface area contributed by atoms with Crippen LogP contribution >= 0.6 is 28.1 Å². The van der Waals surface area contributed by atoms with Gasteiger partial charge in [-0.3, -0.25) is 4.79 Å². The zero-order chi connectivity index (χ0) is 15.3. The standard InChI is InChI=1S/C14H19BrN2O2S/c1-4-14(2,3)17-12(18)8-19-11-6-5-9(15)7-10(11)13(16)20/h5-7H,4,8H2,1-3H3,(H2,16,20)(H,17,18). The Morgan fingerprint density at radius 3 is 2.70 bits per heavy atom. The van der Waals surface area contributed by atoms with Gasteiger partial charge >= 0.3 is 0 Å². The summed E-state index contributed by atoms with van der Waals surface area (Å²) in [5, 5.41) is 2.90. The molecule has 1 aromatic carbocycles. The van der Waals surface area contributed by atoms with Crippen molar-refractivity contribution < 1.29 is 9.53 Å². The van der Waals surface area contributed by atoms with Crippen LogP contribution in [0.1, 0.15) is 32.8 Å². The third-order valence-electron chi connectivity index (χ3n) is 2.93. The van der Waals surface area contributed by atoms with Crippen molar-refractivity contribution in [2.24, 2.45) is 5.73 Å². The van der Waals surface area contributed by atoms with E-state index in [0.717, 1.165) is 10.9 Å². The molecule has 1 amide bonds. The molecule has 0 unspecified atom stereocenters. The molecule has 0 saturated carbocycles. The van der Waals surface area contributed by atoms with E-state index in [9.17, 15) is 4.79 Å². The first-order chi connectivity index (χ1) is 9.25. The number of hydrogen-bond donors (Lipinski definition) is 2. The second kappa shape index (κ2) is 7.04. The topological polar surface area (TPSA) is 64.3 Å². The normalized spacial score (nSPS) is 11.0. The Hall–Kier alpha value is -1.14. The van der Waals surface area contributed by atoms with Crippen molar-refractivity contribution in [2.75, 3.05) is 6.61 Å². The summed E-state index contributed by atoms with van der Waals surface area (Å²) in [6.07, 6.45) is 0.842. The molecule has 0 bridgehead atoms. The summed E-state index contributed by atoms with van der Waals surface area (Å²) in [6, 6.07) is 5.31. The van der Waals surface area contributed by atoms with Crippen molar-refractivity contribution in [1.82, 2.24) is 5.32 Å². The number of nitrogens with one attached hydrogen (secondary N) is 1. The van der Waals surface area contributed by atoms with E-state index in [2.05, 4.69) is 21.2 Å². The van der Waals surface area contributed by atoms with Gasteiger partial charge in [0, 0.05) is 10.0 Å². The number of benzene rings is 1. The molecule has 6 heteroatoms. The molecule has 0 radical (unpaired) electrons. The number of amides is 1. The number of hydrogen-bond acceptors (Lipinski definition) is 3. The zero-order valence-electron chi connectivity index (χ0n) is 11.8. The van der Waals surface area contributed by atoms with E-state index in [1.165, 1.54) is 0 Å². The van der Waals surface area contributed by atoms with Crippen LogP contribution in [0.5, 0.6) is 5.75 Å². The number of ether oxygens (including phenoxy) is 1. The Balaban J connectivity index is 2.71. The van der Waals surface area contributed by atoms with Gasteiger partial charge in [-0.2, -0.15) is 0 Å². The largest absolute Gasteiger partial charge is 0.483 e. The van der Waals surface area contributed by atoms with E-state index in [1.54, 1.807) is 12.1 Å². The van der Waals surface area contributed by atoms with Gasteiger partial charge in [0.05, 0.1) is 5.56 Å². The average Bonchev–Trinajstić information content (AvgIpc) is 2.36. The quantitative estimate of drug-likeness (QED) is 0.767. The van der Waals surface area contributed by atoms with E-state index in [-0.39, 0.29) is 23.0 Å². The van der Waals surface area contributed by atoms with Crippen LogP contribution in [-0.4, -0.2) is 23.0 Å². The smallest absolute Gasteiger partial charge is 0.258 e. The number of carbonyl (C=O) groups is 1. The maximum Gasteiger partial charge on any atom is 0.258 e. The first-order valence-corrected chi connectivity index (χ1v) is 7.48. The van der Waals surface area contributed by atoms with Gasteiger partial charge < -0.3 is 15.8 Å². The fourth-order valence-electron chi connectivity index (χ4n) is 1.47. The van der Waals surface area contributed by atoms with Crippen molar-refractivity contribution in [3.63, 3.8) is 0 Å². The molecule has 4 nitrogen and oxygen atoms in total. The van der Waals surface area contributed by atoms with Crippen molar-refractivity contribution in [3.05, 3.63) is 28.2 Å². The predicted molar refractivity (Wildman–Crippen MR) is 88.0 cm³/mol. The molecule has 110 valence electrons. The number of rotatable bonds is 6. The van der Waals surface area contributed by atoms with E-state index in [1.807, 2.05) is 26.8 Å². The zero-order valence-corrected chi connectivity index (χ0v) is 14.2. The highest BCUT2D eigenvalue weighted by Gasteiger charge is 2.18. The van der Waals surface area contributed by atoms with Gasteiger partial charge in [0.25, 0.3) is 5.91 Å². The molecule has 0 aliphatic heterocycles. The van der Waals surface area contributed by atoms with Crippen LogP contribution in [0.25, 0.3) is 0 Å². The molecule has 1 rings (SSSR count). The van der Waals surface area contributed by atoms with Crippen LogP contribution in [-0.2, 0) is 4.79 Å². The monoisotopic (exact) mass is 358 g/mol. The van der Waals surface area contributed by atoms with E-state index in [0.29, 0.717) is 11.3 Å². The Kier molecular flexibility index (Phi) is 5.95. The average molecular weight is 359 g/mol. The van der Waals surface area contributed by atoms with Gasteiger partial charge in [-0.1, -0.05) is 35.1 Å². The van der Waals surface area contributed by atoms with Crippen molar-refractivity contribution in [3.8, 4) is 5.75 Å². The van der Waals surface area contributed by atoms with Crippen LogP contribution in [0.4, 0.5) is 0 Å². The SMILES string of the molecule is CCC(C)(C)NC(=O)COc1ccc(Br)cc1C(N)=S. The van der Waals surface area contributed by atoms with Crippen LogP contribution in [0.15, 0.2) is 22.7 Å². The van der Waals surface area contributed by atoms with Gasteiger partial charge in [0.1, 0.15) is 10.7 Å². The fraction of sp³-hybridized carbons (Fsp3) is 0.429. The van der Waals surface area contributed by atoms with Crippen LogP contribution in [0.3, 0.4) is 0 Å². The Morgan fingerprint density at radius 1 is 1.50 bits per heavy atom. The summed E-state index contributed by atoms with van der Waals surface area (Å²) in [4.78, 5) is 12.1. The predicted octanol–water partition coefficient (Wildman–Crippen LogP) is 2.77. The lowest BCUT2D eigenvalue weighted by Crippen LogP contribution is -2.45. The minimum Gasteiger partial charge on any atom is -0.483 e.